The lowest BCUT2D eigenvalue weighted by Gasteiger charge is -2.24. The van der Waals surface area contributed by atoms with Crippen LogP contribution < -0.4 is 10.2 Å². The van der Waals surface area contributed by atoms with Crippen LogP contribution in [0.3, 0.4) is 0 Å². The first-order chi connectivity index (χ1) is 14.8. The molecule has 0 bridgehead atoms. The topological polar surface area (TPSA) is 89.2 Å². The average molecular weight is 398 g/mol. The average Bonchev–Trinajstić information content (AvgIpc) is 3.54. The molecule has 1 atom stereocenters. The van der Waals surface area contributed by atoms with Crippen molar-refractivity contribution in [3.8, 4) is 0 Å². The number of aromatic amines is 2. The van der Waals surface area contributed by atoms with Gasteiger partial charge in [0.05, 0.1) is 23.4 Å². The molecule has 2 aromatic heterocycles. The number of carbonyl (C=O) groups is 1. The van der Waals surface area contributed by atoms with Gasteiger partial charge in [0.2, 0.25) is 0 Å². The van der Waals surface area contributed by atoms with Gasteiger partial charge >= 0.3 is 6.03 Å². The third-order valence-electron chi connectivity index (χ3n) is 6.19. The number of rotatable bonds is 3. The number of amides is 2. The molecule has 150 valence electrons. The van der Waals surface area contributed by atoms with Crippen LogP contribution in [0.15, 0.2) is 60.0 Å². The molecule has 4 aromatic rings. The number of H-pyrrole nitrogens is 2. The van der Waals surface area contributed by atoms with E-state index in [1.165, 1.54) is 12.8 Å². The fraction of sp³-hybridized carbons (Fsp3) is 0.261. The largest absolute Gasteiger partial charge is 0.361 e. The summed E-state index contributed by atoms with van der Waals surface area (Å²) in [6, 6.07) is 14.1. The fourth-order valence-corrected chi connectivity index (χ4v) is 4.70. The van der Waals surface area contributed by atoms with Crippen molar-refractivity contribution >= 4 is 39.5 Å². The van der Waals surface area contributed by atoms with Crippen molar-refractivity contribution in [2.75, 3.05) is 4.90 Å². The molecule has 7 nitrogen and oxygen atoms in total. The van der Waals surface area contributed by atoms with E-state index in [9.17, 15) is 4.79 Å². The molecule has 0 spiro atoms. The SMILES string of the molecule is O=C1NC(=NC2CCCC2)C(c2ccc3[nH]ccc3c2)N1c1ccc2[nH]cnc2c1. The van der Waals surface area contributed by atoms with Crippen LogP contribution in [0.1, 0.15) is 37.3 Å². The summed E-state index contributed by atoms with van der Waals surface area (Å²) in [5.74, 6) is 0.740. The maximum absolute atomic E-state index is 13.1. The Morgan fingerprint density at radius 1 is 1.00 bits per heavy atom. The molecule has 30 heavy (non-hydrogen) atoms. The van der Waals surface area contributed by atoms with Crippen LogP contribution in [-0.2, 0) is 0 Å². The minimum atomic E-state index is -0.284. The van der Waals surface area contributed by atoms with Gasteiger partial charge in [-0.15, -0.1) is 0 Å². The zero-order valence-electron chi connectivity index (χ0n) is 16.4. The van der Waals surface area contributed by atoms with Gasteiger partial charge in [-0.1, -0.05) is 18.9 Å². The van der Waals surface area contributed by atoms with E-state index in [4.69, 9.17) is 4.99 Å². The summed E-state index contributed by atoms with van der Waals surface area (Å²) in [6.07, 6.45) is 8.18. The number of hydrogen-bond donors (Lipinski definition) is 3. The Balaban J connectivity index is 1.49. The summed E-state index contributed by atoms with van der Waals surface area (Å²) in [6.45, 7) is 0. The molecule has 3 N–H and O–H groups in total. The van der Waals surface area contributed by atoms with Crippen LogP contribution in [0.4, 0.5) is 10.5 Å². The maximum atomic E-state index is 13.1. The second-order valence-corrected chi connectivity index (χ2v) is 8.08. The Morgan fingerprint density at radius 3 is 2.77 bits per heavy atom. The van der Waals surface area contributed by atoms with Crippen molar-refractivity contribution in [2.45, 2.75) is 37.8 Å². The molecule has 1 unspecified atom stereocenters. The number of amidine groups is 1. The molecule has 1 saturated carbocycles. The molecule has 2 fully saturated rings. The van der Waals surface area contributed by atoms with Crippen molar-refractivity contribution in [3.63, 3.8) is 0 Å². The lowest BCUT2D eigenvalue weighted by molar-refractivity contribution is 0.252. The first-order valence-corrected chi connectivity index (χ1v) is 10.4. The van der Waals surface area contributed by atoms with E-state index in [1.807, 2.05) is 24.4 Å². The molecule has 1 aliphatic heterocycles. The number of fused-ring (bicyclic) bond motifs is 2. The minimum absolute atomic E-state index is 0.152. The standard InChI is InChI=1S/C23H22N6O/c30-23-28-22(27-16-3-1-2-4-16)21(15-5-7-18-14(11-15)9-10-24-18)29(23)17-6-8-19-20(12-17)26-13-25-19/h5-13,16,21,24H,1-4H2,(H,25,26)(H,27,28,30). The van der Waals surface area contributed by atoms with E-state index in [-0.39, 0.29) is 18.1 Å². The Hall–Kier alpha value is -3.61. The van der Waals surface area contributed by atoms with E-state index in [2.05, 4.69) is 44.5 Å². The fourth-order valence-electron chi connectivity index (χ4n) is 4.70. The molecule has 2 aromatic carbocycles. The number of nitrogens with zero attached hydrogens (tertiary/aromatic N) is 3. The Morgan fingerprint density at radius 2 is 1.87 bits per heavy atom. The van der Waals surface area contributed by atoms with Crippen LogP contribution in [0.2, 0.25) is 0 Å². The van der Waals surface area contributed by atoms with Gasteiger partial charge in [0.1, 0.15) is 11.9 Å². The maximum Gasteiger partial charge on any atom is 0.328 e. The quantitative estimate of drug-likeness (QED) is 0.469. The van der Waals surface area contributed by atoms with Crippen molar-refractivity contribution in [3.05, 3.63) is 60.6 Å². The van der Waals surface area contributed by atoms with Gasteiger partial charge in [-0.2, -0.15) is 0 Å². The van der Waals surface area contributed by atoms with E-state index in [1.54, 1.807) is 11.2 Å². The van der Waals surface area contributed by atoms with Gasteiger partial charge < -0.3 is 9.97 Å². The number of hydrogen-bond acceptors (Lipinski definition) is 3. The lowest BCUT2D eigenvalue weighted by Crippen LogP contribution is -2.29. The van der Waals surface area contributed by atoms with Gasteiger partial charge in [-0.3, -0.25) is 15.2 Å². The number of anilines is 1. The van der Waals surface area contributed by atoms with E-state index < -0.39 is 0 Å². The van der Waals surface area contributed by atoms with Crippen molar-refractivity contribution in [1.82, 2.24) is 20.3 Å². The molecule has 2 amide bonds. The highest BCUT2D eigenvalue weighted by molar-refractivity contribution is 6.17. The van der Waals surface area contributed by atoms with E-state index in [0.29, 0.717) is 0 Å². The van der Waals surface area contributed by atoms with E-state index >= 15 is 0 Å². The number of imidazole rings is 1. The van der Waals surface area contributed by atoms with Gasteiger partial charge in [0.25, 0.3) is 0 Å². The smallest absolute Gasteiger partial charge is 0.328 e. The highest BCUT2D eigenvalue weighted by Crippen LogP contribution is 2.35. The van der Waals surface area contributed by atoms with Gasteiger partial charge in [-0.25, -0.2) is 9.78 Å². The van der Waals surface area contributed by atoms with Gasteiger partial charge in [-0.05, 0) is 60.2 Å². The zero-order valence-corrected chi connectivity index (χ0v) is 16.4. The molecule has 7 heteroatoms. The molecule has 1 aliphatic carbocycles. The first kappa shape index (κ1) is 17.3. The summed E-state index contributed by atoms with van der Waals surface area (Å²) in [5, 5.41) is 4.18. The predicted octanol–water partition coefficient (Wildman–Crippen LogP) is 4.66. The van der Waals surface area contributed by atoms with Crippen LogP contribution in [0.5, 0.6) is 0 Å². The monoisotopic (exact) mass is 398 g/mol. The summed E-state index contributed by atoms with van der Waals surface area (Å²) < 4.78 is 0. The first-order valence-electron chi connectivity index (χ1n) is 10.4. The van der Waals surface area contributed by atoms with Crippen molar-refractivity contribution in [1.29, 1.82) is 0 Å². The molecular formula is C23H22N6O. The Kier molecular flexibility index (Phi) is 3.87. The number of benzene rings is 2. The number of nitrogens with one attached hydrogen (secondary N) is 3. The molecule has 2 aliphatic rings. The van der Waals surface area contributed by atoms with Crippen LogP contribution in [-0.4, -0.2) is 32.9 Å². The third kappa shape index (κ3) is 2.77. The van der Waals surface area contributed by atoms with Crippen LogP contribution in [0, 0.1) is 0 Å². The summed E-state index contributed by atoms with van der Waals surface area (Å²) in [5.41, 5.74) is 4.71. The Labute approximate surface area is 173 Å². The molecule has 0 radical (unpaired) electrons. The third-order valence-corrected chi connectivity index (χ3v) is 6.19. The van der Waals surface area contributed by atoms with Crippen molar-refractivity contribution in [2.24, 2.45) is 4.99 Å². The lowest BCUT2D eigenvalue weighted by atomic mass is 10.0. The molecular weight excluding hydrogens is 376 g/mol. The predicted molar refractivity (Wildman–Crippen MR) is 118 cm³/mol. The van der Waals surface area contributed by atoms with Crippen molar-refractivity contribution < 1.29 is 4.79 Å². The number of aromatic nitrogens is 3. The second kappa shape index (κ2) is 6.73. The molecule has 3 heterocycles. The highest BCUT2D eigenvalue weighted by atomic mass is 16.2. The number of carbonyl (C=O) groups excluding carboxylic acids is 1. The van der Waals surface area contributed by atoms with Gasteiger partial charge in [0.15, 0.2) is 0 Å². The highest BCUT2D eigenvalue weighted by Gasteiger charge is 2.39. The normalized spacial score (nSPS) is 21.3. The van der Waals surface area contributed by atoms with E-state index in [0.717, 1.165) is 51.9 Å². The minimum Gasteiger partial charge on any atom is -0.361 e. The van der Waals surface area contributed by atoms with Gasteiger partial charge in [0, 0.05) is 17.4 Å². The summed E-state index contributed by atoms with van der Waals surface area (Å²) in [7, 11) is 0. The number of aliphatic imine (C=N–C) groups is 1. The molecule has 6 rings (SSSR count). The molecule has 1 saturated heterocycles. The van der Waals surface area contributed by atoms with Crippen LogP contribution >= 0.6 is 0 Å². The van der Waals surface area contributed by atoms with Crippen LogP contribution in [0.25, 0.3) is 21.9 Å². The summed E-state index contributed by atoms with van der Waals surface area (Å²) in [4.78, 5) is 30.6. The number of urea groups is 1. The Bertz CT molecular complexity index is 1280. The zero-order chi connectivity index (χ0) is 20.1. The summed E-state index contributed by atoms with van der Waals surface area (Å²) >= 11 is 0. The second-order valence-electron chi connectivity index (χ2n) is 8.08.